The fourth-order valence-electron chi connectivity index (χ4n) is 0.793. The van der Waals surface area contributed by atoms with Gasteiger partial charge in [0.1, 0.15) is 0 Å². The molecule has 0 aliphatic rings. The van der Waals surface area contributed by atoms with Crippen molar-refractivity contribution >= 4 is 35.1 Å². The molecule has 26 heavy (non-hydrogen) atoms. The lowest BCUT2D eigenvalue weighted by atomic mass is 10.2. The van der Waals surface area contributed by atoms with Crippen LogP contribution in [-0.4, -0.2) is 46.4 Å². The number of hydrogen-bond donors (Lipinski definition) is 0. The minimum absolute atomic E-state index is 2.33. The smallest absolute Gasteiger partial charge is 0.240 e. The Kier molecular flexibility index (Phi) is 6.35. The van der Waals surface area contributed by atoms with Crippen LogP contribution in [0, 0.1) is 0 Å². The molecule has 0 rings (SSSR count). The Bertz CT molecular complexity index is 517. The molecule has 0 aromatic rings. The molecule has 0 saturated carbocycles. The van der Waals surface area contributed by atoms with Gasteiger partial charge in [-0.1, -0.05) is 0 Å². The Balaban J connectivity index is 5.38. The molecule has 0 aliphatic heterocycles. The highest BCUT2D eigenvalue weighted by Gasteiger charge is 2.78. The molecule has 0 saturated heterocycles. The van der Waals surface area contributed by atoms with Gasteiger partial charge in [-0.05, 0) is 23.2 Å². The summed E-state index contributed by atoms with van der Waals surface area (Å²) in [4.78, 5) is 25.7. The summed E-state index contributed by atoms with van der Waals surface area (Å²) >= 11 is 7.21. The van der Waals surface area contributed by atoms with Gasteiger partial charge >= 0.3 is 46.4 Å². The van der Waals surface area contributed by atoms with Crippen LogP contribution in [0.5, 0.6) is 0 Å². The Morgan fingerprint density at radius 3 is 0.885 bits per heavy atom. The maximum atomic E-state index is 12.8. The summed E-state index contributed by atoms with van der Waals surface area (Å²) in [5.41, 5.74) is 0. The summed E-state index contributed by atoms with van der Waals surface area (Å²) < 4.78 is 150. The summed E-state index contributed by atoms with van der Waals surface area (Å²) in [6.07, 6.45) is 0. The van der Waals surface area contributed by atoms with Crippen molar-refractivity contribution in [1.29, 1.82) is 0 Å². The highest BCUT2D eigenvalue weighted by Crippen LogP contribution is 2.50. The maximum absolute atomic E-state index is 12.8. The number of halogens is 14. The van der Waals surface area contributed by atoms with Crippen LogP contribution in [0.4, 0.5) is 52.7 Å². The van der Waals surface area contributed by atoms with Crippen LogP contribution in [0.1, 0.15) is 0 Å². The lowest BCUT2D eigenvalue weighted by Crippen LogP contribution is -2.58. The van der Waals surface area contributed by atoms with Gasteiger partial charge in [0.2, 0.25) is 0 Å². The van der Waals surface area contributed by atoms with Crippen molar-refractivity contribution in [3.8, 4) is 0 Å². The standard InChI is InChI=1S/C8Cl2F12O4/c9-7(19,20)5(15,16)3(11,12)1(23)25-26-2(24)4(13,14)6(17,18)8(10,21)22. The molecule has 0 N–H and O–H groups in total. The van der Waals surface area contributed by atoms with Gasteiger partial charge in [0.25, 0.3) is 0 Å². The Morgan fingerprint density at radius 1 is 0.538 bits per heavy atom. The number of rotatable bonds is 6. The average Bonchev–Trinajstić information content (AvgIpc) is 2.40. The quantitative estimate of drug-likeness (QED) is 0.259. The van der Waals surface area contributed by atoms with Crippen molar-refractivity contribution in [1.82, 2.24) is 0 Å². The monoisotopic (exact) mass is 458 g/mol. The van der Waals surface area contributed by atoms with E-state index in [4.69, 9.17) is 0 Å². The predicted molar refractivity (Wildman–Crippen MR) is 53.6 cm³/mol. The van der Waals surface area contributed by atoms with Gasteiger partial charge in [-0.25, -0.2) is 19.4 Å². The van der Waals surface area contributed by atoms with Crippen molar-refractivity contribution in [2.24, 2.45) is 0 Å². The van der Waals surface area contributed by atoms with Crippen molar-refractivity contribution in [2.45, 2.75) is 34.5 Å². The van der Waals surface area contributed by atoms with Gasteiger partial charge in [0, 0.05) is 0 Å². The van der Waals surface area contributed by atoms with Crippen molar-refractivity contribution < 1.29 is 72.0 Å². The highest BCUT2D eigenvalue weighted by molar-refractivity contribution is 6.23. The third-order valence-corrected chi connectivity index (χ3v) is 2.68. The van der Waals surface area contributed by atoms with E-state index in [2.05, 4.69) is 33.0 Å². The second kappa shape index (κ2) is 6.69. The number of hydrogen-bond acceptors (Lipinski definition) is 4. The first-order valence-electron chi connectivity index (χ1n) is 5.13. The van der Waals surface area contributed by atoms with Gasteiger partial charge in [0.15, 0.2) is 0 Å². The van der Waals surface area contributed by atoms with Crippen LogP contribution < -0.4 is 0 Å². The zero-order valence-corrected chi connectivity index (χ0v) is 12.4. The average molecular weight is 459 g/mol. The molecule has 0 fully saturated rings. The molecule has 0 spiro atoms. The molecule has 0 heterocycles. The summed E-state index contributed by atoms with van der Waals surface area (Å²) in [5, 5.41) is -12.3. The maximum Gasteiger partial charge on any atom is 0.431 e. The lowest BCUT2D eigenvalue weighted by Gasteiger charge is -2.28. The summed E-state index contributed by atoms with van der Waals surface area (Å²) in [6, 6.07) is 0. The molecular formula is C8Cl2F12O4. The molecule has 0 aromatic heterocycles. The first-order valence-corrected chi connectivity index (χ1v) is 5.88. The van der Waals surface area contributed by atoms with Gasteiger partial charge in [-0.3, -0.25) is 0 Å². The fraction of sp³-hybridized carbons (Fsp3) is 0.750. The third-order valence-electron chi connectivity index (χ3n) is 2.21. The first kappa shape index (κ1) is 24.7. The van der Waals surface area contributed by atoms with Crippen LogP contribution in [0.2, 0.25) is 0 Å². The van der Waals surface area contributed by atoms with E-state index in [0.29, 0.717) is 0 Å². The second-order valence-electron chi connectivity index (χ2n) is 4.03. The van der Waals surface area contributed by atoms with E-state index in [0.717, 1.165) is 0 Å². The van der Waals surface area contributed by atoms with E-state index in [1.165, 1.54) is 0 Å². The Morgan fingerprint density at radius 2 is 0.731 bits per heavy atom. The van der Waals surface area contributed by atoms with Gasteiger partial charge in [-0.15, -0.1) is 0 Å². The molecule has 0 aromatic carbocycles. The van der Waals surface area contributed by atoms with E-state index in [1.54, 1.807) is 0 Å². The predicted octanol–water partition coefficient (Wildman–Crippen LogP) is 4.19. The summed E-state index contributed by atoms with van der Waals surface area (Å²) in [5.74, 6) is -34.7. The zero-order chi connectivity index (χ0) is 21.6. The van der Waals surface area contributed by atoms with Crippen molar-refractivity contribution in [3.05, 3.63) is 0 Å². The number of alkyl halides is 14. The molecule has 18 heteroatoms. The minimum atomic E-state index is -6.75. The number of carbonyl (C=O) groups excluding carboxylic acids is 2. The molecule has 154 valence electrons. The van der Waals surface area contributed by atoms with Crippen molar-refractivity contribution in [3.63, 3.8) is 0 Å². The zero-order valence-electron chi connectivity index (χ0n) is 10.9. The van der Waals surface area contributed by atoms with E-state index in [9.17, 15) is 62.3 Å². The van der Waals surface area contributed by atoms with Crippen LogP contribution >= 0.6 is 23.2 Å². The van der Waals surface area contributed by atoms with E-state index in [1.807, 2.05) is 0 Å². The van der Waals surface area contributed by atoms with Gasteiger partial charge in [0.05, 0.1) is 0 Å². The molecule has 0 radical (unpaired) electrons. The normalized spacial score (nSPS) is 14.8. The molecular weight excluding hydrogens is 459 g/mol. The van der Waals surface area contributed by atoms with Crippen LogP contribution in [0.3, 0.4) is 0 Å². The number of carbonyl (C=O) groups is 2. The van der Waals surface area contributed by atoms with Gasteiger partial charge < -0.3 is 0 Å². The summed E-state index contributed by atoms with van der Waals surface area (Å²) in [6.45, 7) is 0. The van der Waals surface area contributed by atoms with Gasteiger partial charge in [-0.2, -0.15) is 52.7 Å². The third kappa shape index (κ3) is 3.99. The fourth-order valence-corrected chi connectivity index (χ4v) is 1.03. The van der Waals surface area contributed by atoms with Crippen LogP contribution in [0.25, 0.3) is 0 Å². The highest BCUT2D eigenvalue weighted by atomic mass is 35.5. The summed E-state index contributed by atoms with van der Waals surface area (Å²) in [7, 11) is 0. The second-order valence-corrected chi connectivity index (χ2v) is 4.98. The largest absolute Gasteiger partial charge is 0.431 e. The molecule has 0 unspecified atom stereocenters. The van der Waals surface area contributed by atoms with Crippen LogP contribution in [-0.2, 0) is 19.4 Å². The topological polar surface area (TPSA) is 52.6 Å². The van der Waals surface area contributed by atoms with Crippen molar-refractivity contribution in [2.75, 3.05) is 0 Å². The Labute approximate surface area is 142 Å². The molecule has 0 amide bonds. The molecule has 0 bridgehead atoms. The minimum Gasteiger partial charge on any atom is -0.240 e. The molecule has 4 nitrogen and oxygen atoms in total. The SMILES string of the molecule is O=C(OOC(=O)C(F)(F)C(F)(F)C(F)(F)Cl)C(F)(F)C(F)(F)C(F)(F)Cl. The van der Waals surface area contributed by atoms with Crippen LogP contribution in [0.15, 0.2) is 0 Å². The molecule has 0 aliphatic carbocycles. The van der Waals surface area contributed by atoms with E-state index in [-0.39, 0.29) is 0 Å². The van der Waals surface area contributed by atoms with E-state index < -0.39 is 46.4 Å². The molecule has 0 atom stereocenters. The lowest BCUT2D eigenvalue weighted by molar-refractivity contribution is -0.332. The first-order chi connectivity index (χ1) is 11.0. The Hall–Kier alpha value is -1.32. The van der Waals surface area contributed by atoms with E-state index >= 15 is 0 Å².